The lowest BCUT2D eigenvalue weighted by molar-refractivity contribution is -0.153. The van der Waals surface area contributed by atoms with Gasteiger partial charge >= 0.3 is 6.18 Å². The maximum absolute atomic E-state index is 12.5. The molecule has 0 radical (unpaired) electrons. The molecule has 1 N–H and O–H groups in total. The summed E-state index contributed by atoms with van der Waals surface area (Å²) in [5, 5.41) is 1.44. The molecule has 30 heavy (non-hydrogen) atoms. The smallest absolute Gasteiger partial charge is 0.397 e. The van der Waals surface area contributed by atoms with Crippen LogP contribution in [0.1, 0.15) is 12.0 Å². The Labute approximate surface area is 174 Å². The zero-order chi connectivity index (χ0) is 22.5. The van der Waals surface area contributed by atoms with Crippen LogP contribution in [0.15, 0.2) is 17.0 Å². The van der Waals surface area contributed by atoms with Crippen molar-refractivity contribution in [1.29, 1.82) is 0 Å². The largest absolute Gasteiger partial charge is 0.493 e. The Morgan fingerprint density at radius 2 is 1.73 bits per heavy atom. The van der Waals surface area contributed by atoms with Crippen molar-refractivity contribution in [2.45, 2.75) is 12.6 Å². The summed E-state index contributed by atoms with van der Waals surface area (Å²) in [5.74, 6) is -0.782. The lowest BCUT2D eigenvalue weighted by Gasteiger charge is -2.14. The van der Waals surface area contributed by atoms with E-state index in [9.17, 15) is 27.6 Å². The number of halogens is 3. The van der Waals surface area contributed by atoms with Crippen LogP contribution in [0, 0.1) is 0 Å². The van der Waals surface area contributed by atoms with Gasteiger partial charge in [0.25, 0.3) is 11.1 Å². The predicted octanol–water partition coefficient (Wildman–Crippen LogP) is 2.82. The number of benzene rings is 1. The van der Waals surface area contributed by atoms with Crippen molar-refractivity contribution in [1.82, 2.24) is 10.2 Å². The van der Waals surface area contributed by atoms with Crippen LogP contribution in [0.5, 0.6) is 17.2 Å². The highest BCUT2D eigenvalue weighted by Crippen LogP contribution is 2.40. The van der Waals surface area contributed by atoms with Crippen LogP contribution in [0.2, 0.25) is 0 Å². The molecule has 1 aromatic rings. The molecule has 0 aromatic heterocycles. The molecule has 0 unspecified atom stereocenters. The van der Waals surface area contributed by atoms with E-state index in [1.54, 1.807) is 12.1 Å². The molecule has 0 bridgehead atoms. The van der Waals surface area contributed by atoms with Gasteiger partial charge in [-0.1, -0.05) is 0 Å². The average molecular weight is 448 g/mol. The molecule has 3 amide bonds. The van der Waals surface area contributed by atoms with Gasteiger partial charge in [-0.2, -0.15) is 13.2 Å². The number of nitrogens with zero attached hydrogens (tertiary/aromatic N) is 1. The molecular weight excluding hydrogens is 429 g/mol. The van der Waals surface area contributed by atoms with Gasteiger partial charge in [0.2, 0.25) is 11.7 Å². The number of hydrogen-bond acceptors (Lipinski definition) is 7. The number of ether oxygens (including phenoxy) is 3. The topological polar surface area (TPSA) is 94.2 Å². The van der Waals surface area contributed by atoms with Gasteiger partial charge < -0.3 is 19.5 Å². The molecule has 8 nitrogen and oxygen atoms in total. The third kappa shape index (κ3) is 5.81. The first-order valence-electron chi connectivity index (χ1n) is 8.48. The number of nitrogens with one attached hydrogen (secondary N) is 1. The SMILES string of the molecule is COc1cc(/C=C2\SC(=O)N(CCNC(=O)CC(F)(F)F)C2=O)cc(OC)c1OC. The van der Waals surface area contributed by atoms with Gasteiger partial charge in [0.05, 0.1) is 26.2 Å². The summed E-state index contributed by atoms with van der Waals surface area (Å²) < 4.78 is 52.2. The van der Waals surface area contributed by atoms with Crippen LogP contribution in [0.3, 0.4) is 0 Å². The molecule has 0 saturated carbocycles. The van der Waals surface area contributed by atoms with E-state index in [2.05, 4.69) is 0 Å². The lowest BCUT2D eigenvalue weighted by Crippen LogP contribution is -2.38. The van der Waals surface area contributed by atoms with Crippen LogP contribution in [0.4, 0.5) is 18.0 Å². The van der Waals surface area contributed by atoms with Gasteiger partial charge in [0.1, 0.15) is 6.42 Å². The van der Waals surface area contributed by atoms with E-state index in [1.165, 1.54) is 27.4 Å². The number of methoxy groups -OCH3 is 3. The van der Waals surface area contributed by atoms with Gasteiger partial charge in [-0.05, 0) is 35.5 Å². The van der Waals surface area contributed by atoms with E-state index in [0.29, 0.717) is 34.6 Å². The molecule has 1 aromatic carbocycles. The maximum Gasteiger partial charge on any atom is 0.397 e. The number of hydrogen-bond donors (Lipinski definition) is 1. The van der Waals surface area contributed by atoms with Crippen molar-refractivity contribution in [3.63, 3.8) is 0 Å². The summed E-state index contributed by atoms with van der Waals surface area (Å²) in [6, 6.07) is 3.18. The van der Waals surface area contributed by atoms with Crippen molar-refractivity contribution >= 4 is 34.9 Å². The highest BCUT2D eigenvalue weighted by atomic mass is 32.2. The third-order valence-corrected chi connectivity index (χ3v) is 4.78. The second-order valence-corrected chi connectivity index (χ2v) is 6.93. The average Bonchev–Trinajstić information content (AvgIpc) is 2.93. The van der Waals surface area contributed by atoms with Crippen molar-refractivity contribution in [2.24, 2.45) is 0 Å². The number of amides is 3. The van der Waals surface area contributed by atoms with Crippen LogP contribution in [-0.2, 0) is 9.59 Å². The highest BCUT2D eigenvalue weighted by molar-refractivity contribution is 8.18. The lowest BCUT2D eigenvalue weighted by atomic mass is 10.1. The third-order valence-electron chi connectivity index (χ3n) is 3.88. The monoisotopic (exact) mass is 448 g/mol. The van der Waals surface area contributed by atoms with Crippen molar-refractivity contribution in [2.75, 3.05) is 34.4 Å². The Kier molecular flexibility index (Phi) is 7.59. The summed E-state index contributed by atoms with van der Waals surface area (Å²) in [4.78, 5) is 36.8. The summed E-state index contributed by atoms with van der Waals surface area (Å²) in [6.45, 7) is -0.536. The van der Waals surface area contributed by atoms with Gasteiger partial charge in [0.15, 0.2) is 11.5 Å². The zero-order valence-corrected chi connectivity index (χ0v) is 17.1. The van der Waals surface area contributed by atoms with Crippen LogP contribution in [-0.4, -0.2) is 62.5 Å². The molecule has 1 aliphatic heterocycles. The number of imide groups is 1. The molecule has 164 valence electrons. The van der Waals surface area contributed by atoms with Crippen LogP contribution >= 0.6 is 11.8 Å². The van der Waals surface area contributed by atoms with E-state index in [4.69, 9.17) is 14.2 Å². The Hall–Kier alpha value is -2.89. The van der Waals surface area contributed by atoms with Gasteiger partial charge in [0, 0.05) is 13.1 Å². The molecule has 12 heteroatoms. The molecule has 2 rings (SSSR count). The Bertz CT molecular complexity index is 847. The predicted molar refractivity (Wildman–Crippen MR) is 102 cm³/mol. The van der Waals surface area contributed by atoms with Gasteiger partial charge in [-0.15, -0.1) is 0 Å². The summed E-state index contributed by atoms with van der Waals surface area (Å²) in [7, 11) is 4.31. The minimum absolute atomic E-state index is 0.107. The van der Waals surface area contributed by atoms with Crippen LogP contribution in [0.25, 0.3) is 6.08 Å². The first kappa shape index (κ1) is 23.4. The van der Waals surface area contributed by atoms with Crippen molar-refractivity contribution < 1.29 is 41.8 Å². The maximum atomic E-state index is 12.5. The van der Waals surface area contributed by atoms with E-state index in [-0.39, 0.29) is 18.0 Å². The second kappa shape index (κ2) is 9.74. The van der Waals surface area contributed by atoms with E-state index in [1.807, 2.05) is 5.32 Å². The fourth-order valence-electron chi connectivity index (χ4n) is 2.58. The van der Waals surface area contributed by atoms with E-state index >= 15 is 0 Å². The number of carbonyl (C=O) groups excluding carboxylic acids is 3. The molecule has 0 aliphatic carbocycles. The van der Waals surface area contributed by atoms with Gasteiger partial charge in [-0.3, -0.25) is 19.3 Å². The van der Waals surface area contributed by atoms with E-state index in [0.717, 1.165) is 4.90 Å². The van der Waals surface area contributed by atoms with E-state index < -0.39 is 29.7 Å². The summed E-state index contributed by atoms with van der Waals surface area (Å²) in [6.07, 6.45) is -4.80. The number of alkyl halides is 3. The Balaban J connectivity index is 2.10. The highest BCUT2D eigenvalue weighted by Gasteiger charge is 2.35. The molecule has 1 saturated heterocycles. The minimum Gasteiger partial charge on any atom is -0.493 e. The standard InChI is InChI=1S/C18H19F3N2O6S/c1-27-11-6-10(7-12(28-2)15(11)29-3)8-13-16(25)23(17(26)30-13)5-4-22-14(24)9-18(19,20)21/h6-8H,4-5,9H2,1-3H3,(H,22,24)/b13-8-. The Morgan fingerprint density at radius 1 is 1.13 bits per heavy atom. The molecule has 1 fully saturated rings. The number of rotatable bonds is 8. The fraction of sp³-hybridized carbons (Fsp3) is 0.389. The summed E-state index contributed by atoms with van der Waals surface area (Å²) in [5.41, 5.74) is 0.508. The number of carbonyl (C=O) groups is 3. The van der Waals surface area contributed by atoms with Crippen molar-refractivity contribution in [3.05, 3.63) is 22.6 Å². The normalized spacial score (nSPS) is 15.5. The molecular formula is C18H19F3N2O6S. The second-order valence-electron chi connectivity index (χ2n) is 5.93. The van der Waals surface area contributed by atoms with Crippen molar-refractivity contribution in [3.8, 4) is 17.2 Å². The summed E-state index contributed by atoms with van der Waals surface area (Å²) >= 11 is 0.675. The minimum atomic E-state index is -4.63. The molecule has 0 atom stereocenters. The molecule has 0 spiro atoms. The fourth-order valence-corrected chi connectivity index (χ4v) is 3.45. The zero-order valence-electron chi connectivity index (χ0n) is 16.3. The quantitative estimate of drug-likeness (QED) is 0.611. The molecule has 1 aliphatic rings. The number of thioether (sulfide) groups is 1. The molecule has 1 heterocycles. The first-order valence-corrected chi connectivity index (χ1v) is 9.30. The first-order chi connectivity index (χ1) is 14.1. The van der Waals surface area contributed by atoms with Crippen LogP contribution < -0.4 is 19.5 Å². The van der Waals surface area contributed by atoms with Gasteiger partial charge in [-0.25, -0.2) is 0 Å². The Morgan fingerprint density at radius 3 is 2.23 bits per heavy atom.